The fraction of sp³-hybridized carbons (Fsp3) is 0.737. The van der Waals surface area contributed by atoms with Crippen molar-refractivity contribution in [1.29, 1.82) is 0 Å². The van der Waals surface area contributed by atoms with E-state index >= 15 is 0 Å². The molecule has 2 aliphatic heterocycles. The van der Waals surface area contributed by atoms with Crippen LogP contribution in [0, 0.1) is 5.92 Å². The second-order valence-electron chi connectivity index (χ2n) is 8.93. The number of rotatable bonds is 8. The quantitative estimate of drug-likeness (QED) is 0.314. The zero-order valence-electron chi connectivity index (χ0n) is 18.3. The van der Waals surface area contributed by atoms with Gasteiger partial charge in [0.25, 0.3) is 5.56 Å². The predicted molar refractivity (Wildman–Crippen MR) is 110 cm³/mol. The number of nitrogens with one attached hydrogen (secondary N) is 1. The average Bonchev–Trinajstić information content (AvgIpc) is 3.01. The van der Waals surface area contributed by atoms with Gasteiger partial charge in [-0.2, -0.15) is 0 Å². The van der Waals surface area contributed by atoms with Gasteiger partial charge in [0.15, 0.2) is 11.8 Å². The number of ether oxygens (including phenoxy) is 2. The van der Waals surface area contributed by atoms with E-state index in [0.29, 0.717) is 12.8 Å². The van der Waals surface area contributed by atoms with Crippen LogP contribution in [-0.4, -0.2) is 51.6 Å². The van der Waals surface area contributed by atoms with Gasteiger partial charge in [-0.25, -0.2) is 9.36 Å². The minimum Gasteiger partial charge on any atom is -0.463 e. The van der Waals surface area contributed by atoms with Gasteiger partial charge < -0.3 is 15.2 Å². The van der Waals surface area contributed by atoms with E-state index in [2.05, 4.69) is 4.98 Å². The van der Waals surface area contributed by atoms with Gasteiger partial charge in [-0.3, -0.25) is 32.7 Å². The number of aromatic nitrogens is 2. The fourth-order valence-electron chi connectivity index (χ4n) is 4.30. The lowest BCUT2D eigenvalue weighted by atomic mass is 9.92. The third kappa shape index (κ3) is 3.68. The molecule has 0 amide bonds. The standard InChI is InChI=1S/C19H28N3O9P/c1-10(2)28-15(24)11(3)6-5-9-27-32(26)30-14-13-19(14,31-32)18(4,20)16(29-13)22-8-7-12(23)21-17(22)25/h7-8,10-11,13-14,16H,5-6,9,20H2,1-4H3,(H,21,23,25)/t11?,13-,14?,16-,18+,19+,32+/m1/s1. The molecule has 32 heavy (non-hydrogen) atoms. The van der Waals surface area contributed by atoms with Gasteiger partial charge in [-0.05, 0) is 33.6 Å². The fourth-order valence-corrected chi connectivity index (χ4v) is 6.13. The first-order valence-corrected chi connectivity index (χ1v) is 12.0. The first-order valence-electron chi connectivity index (χ1n) is 10.5. The van der Waals surface area contributed by atoms with E-state index in [1.807, 2.05) is 0 Å². The summed E-state index contributed by atoms with van der Waals surface area (Å²) in [4.78, 5) is 37.5. The van der Waals surface area contributed by atoms with Crippen LogP contribution in [0.2, 0.25) is 0 Å². The van der Waals surface area contributed by atoms with Crippen molar-refractivity contribution in [1.82, 2.24) is 9.55 Å². The van der Waals surface area contributed by atoms with Gasteiger partial charge in [0.05, 0.1) is 24.2 Å². The molecular formula is C19H28N3O9P. The molecule has 12 nitrogen and oxygen atoms in total. The molecule has 1 aromatic rings. The van der Waals surface area contributed by atoms with Crippen LogP contribution in [0.5, 0.6) is 0 Å². The Morgan fingerprint density at radius 3 is 2.72 bits per heavy atom. The second-order valence-corrected chi connectivity index (χ2v) is 10.5. The van der Waals surface area contributed by atoms with Crippen LogP contribution in [0.15, 0.2) is 21.9 Å². The SMILES string of the molecule is CC(C)OC(=O)C(C)CCCO[P@@]1(=O)OC2[C@H]3O[C@@H](n4ccc(=O)[nH]c4=O)[C@](C)(N)[C@@]23O1. The number of hydrogen-bond acceptors (Lipinski definition) is 10. The second kappa shape index (κ2) is 7.89. The van der Waals surface area contributed by atoms with Crippen LogP contribution in [0.4, 0.5) is 0 Å². The molecule has 0 bridgehead atoms. The Balaban J connectivity index is 1.36. The third-order valence-corrected chi connectivity index (χ3v) is 7.55. The van der Waals surface area contributed by atoms with E-state index < -0.39 is 48.6 Å². The van der Waals surface area contributed by atoms with Gasteiger partial charge in [-0.1, -0.05) is 6.92 Å². The molecule has 3 fully saturated rings. The van der Waals surface area contributed by atoms with Crippen LogP contribution in [0.25, 0.3) is 0 Å². The number of esters is 1. The largest absolute Gasteiger partial charge is 0.476 e. The van der Waals surface area contributed by atoms with Gasteiger partial charge in [0.2, 0.25) is 0 Å². The van der Waals surface area contributed by atoms with Crippen molar-refractivity contribution in [2.45, 2.75) is 76.2 Å². The van der Waals surface area contributed by atoms with Crippen LogP contribution in [-0.2, 0) is 32.4 Å². The van der Waals surface area contributed by atoms with Crippen molar-refractivity contribution in [3.8, 4) is 0 Å². The monoisotopic (exact) mass is 473 g/mol. The number of aromatic amines is 1. The summed E-state index contributed by atoms with van der Waals surface area (Å²) in [6, 6.07) is 1.18. The highest BCUT2D eigenvalue weighted by molar-refractivity contribution is 7.48. The molecule has 7 atom stereocenters. The van der Waals surface area contributed by atoms with Crippen molar-refractivity contribution < 1.29 is 32.4 Å². The molecule has 3 N–H and O–H groups in total. The molecule has 4 rings (SSSR count). The molecule has 1 saturated carbocycles. The number of H-pyrrole nitrogens is 1. The van der Waals surface area contributed by atoms with Crippen LogP contribution in [0.1, 0.15) is 46.8 Å². The predicted octanol–water partition coefficient (Wildman–Crippen LogP) is 0.812. The lowest BCUT2D eigenvalue weighted by Gasteiger charge is -2.33. The summed E-state index contributed by atoms with van der Waals surface area (Å²) in [5, 5.41) is 0. The van der Waals surface area contributed by atoms with Crippen molar-refractivity contribution >= 4 is 13.8 Å². The van der Waals surface area contributed by atoms with Crippen molar-refractivity contribution in [2.24, 2.45) is 11.7 Å². The van der Waals surface area contributed by atoms with E-state index in [1.54, 1.807) is 27.7 Å². The van der Waals surface area contributed by atoms with Crippen LogP contribution >= 0.6 is 7.82 Å². The Labute approximate surface area is 183 Å². The van der Waals surface area contributed by atoms with E-state index in [-0.39, 0.29) is 24.6 Å². The molecule has 2 unspecified atom stereocenters. The number of phosphoric acid groups is 1. The van der Waals surface area contributed by atoms with Crippen LogP contribution < -0.4 is 17.0 Å². The molecule has 178 valence electrons. The smallest absolute Gasteiger partial charge is 0.463 e. The maximum Gasteiger partial charge on any atom is 0.476 e. The molecule has 13 heteroatoms. The Bertz CT molecular complexity index is 1070. The lowest BCUT2D eigenvalue weighted by Crippen LogP contribution is -2.57. The lowest BCUT2D eigenvalue weighted by molar-refractivity contribution is -0.152. The number of hydrogen-bond donors (Lipinski definition) is 2. The minimum absolute atomic E-state index is 0.0506. The Hall–Kier alpha value is -1.82. The number of carbonyl (C=O) groups is 1. The summed E-state index contributed by atoms with van der Waals surface area (Å²) in [5.74, 6) is -0.621. The molecular weight excluding hydrogens is 445 g/mol. The maximum atomic E-state index is 13.0. The molecule has 1 aromatic heterocycles. The van der Waals surface area contributed by atoms with Crippen molar-refractivity contribution in [3.05, 3.63) is 33.1 Å². The maximum absolute atomic E-state index is 13.0. The van der Waals surface area contributed by atoms with E-state index in [0.717, 1.165) is 4.57 Å². The van der Waals surface area contributed by atoms with Gasteiger partial charge in [-0.15, -0.1) is 0 Å². The number of phosphoric ester groups is 1. The molecule has 1 spiro atoms. The van der Waals surface area contributed by atoms with Gasteiger partial charge in [0.1, 0.15) is 12.2 Å². The number of carbonyl (C=O) groups excluding carboxylic acids is 1. The molecule has 3 aliphatic rings. The van der Waals surface area contributed by atoms with Crippen molar-refractivity contribution in [3.63, 3.8) is 0 Å². The summed E-state index contributed by atoms with van der Waals surface area (Å²) in [7, 11) is -3.90. The number of fused-ring (bicyclic) bond motifs is 1. The number of nitrogens with zero attached hydrogens (tertiary/aromatic N) is 1. The Morgan fingerprint density at radius 2 is 2.06 bits per heavy atom. The summed E-state index contributed by atoms with van der Waals surface area (Å²) in [6.45, 7) is 6.97. The minimum atomic E-state index is -3.90. The summed E-state index contributed by atoms with van der Waals surface area (Å²) in [6.07, 6.45) is -0.265. The summed E-state index contributed by atoms with van der Waals surface area (Å²) in [5.41, 5.74) is 2.74. The highest BCUT2D eigenvalue weighted by atomic mass is 31.2. The molecule has 3 heterocycles. The Kier molecular flexibility index (Phi) is 5.76. The van der Waals surface area contributed by atoms with Crippen molar-refractivity contribution in [2.75, 3.05) is 6.61 Å². The number of nitrogens with two attached hydrogens (primary N) is 1. The molecule has 2 saturated heterocycles. The topological polar surface area (TPSA) is 161 Å². The molecule has 0 aromatic carbocycles. The average molecular weight is 473 g/mol. The summed E-state index contributed by atoms with van der Waals surface area (Å²) >= 11 is 0. The van der Waals surface area contributed by atoms with Gasteiger partial charge >= 0.3 is 19.5 Å². The Morgan fingerprint density at radius 1 is 1.34 bits per heavy atom. The van der Waals surface area contributed by atoms with Crippen LogP contribution in [0.3, 0.4) is 0 Å². The third-order valence-electron chi connectivity index (χ3n) is 6.04. The van der Waals surface area contributed by atoms with E-state index in [4.69, 9.17) is 28.8 Å². The summed E-state index contributed by atoms with van der Waals surface area (Å²) < 4.78 is 41.8. The zero-order valence-corrected chi connectivity index (χ0v) is 19.2. The van der Waals surface area contributed by atoms with Gasteiger partial charge in [0, 0.05) is 12.3 Å². The molecule has 1 aliphatic carbocycles. The highest BCUT2D eigenvalue weighted by Crippen LogP contribution is 2.77. The zero-order chi connectivity index (χ0) is 23.5. The van der Waals surface area contributed by atoms with E-state index in [1.165, 1.54) is 12.3 Å². The van der Waals surface area contributed by atoms with E-state index in [9.17, 15) is 18.9 Å². The first-order chi connectivity index (χ1) is 14.9. The highest BCUT2D eigenvalue weighted by Gasteiger charge is 2.89. The normalized spacial score (nSPS) is 38.4. The molecule has 0 radical (unpaired) electrons. The first kappa shape index (κ1) is 23.3.